The van der Waals surface area contributed by atoms with E-state index >= 15 is 0 Å². The van der Waals surface area contributed by atoms with Crippen LogP contribution in [0.25, 0.3) is 11.3 Å². The zero-order valence-corrected chi connectivity index (χ0v) is 15.0. The van der Waals surface area contributed by atoms with Crippen LogP contribution in [0.2, 0.25) is 0 Å². The monoisotopic (exact) mass is 371 g/mol. The number of hydrogen-bond donors (Lipinski definition) is 1. The number of rotatable bonds is 8. The maximum absolute atomic E-state index is 13.2. The Labute approximate surface area is 155 Å². The van der Waals surface area contributed by atoms with Gasteiger partial charge in [0.15, 0.2) is 5.75 Å². The number of nitrogens with zero attached hydrogens (tertiary/aromatic N) is 2. The first kappa shape index (κ1) is 18.2. The van der Waals surface area contributed by atoms with E-state index in [9.17, 15) is 4.39 Å². The van der Waals surface area contributed by atoms with Crippen molar-refractivity contribution in [2.24, 2.45) is 0 Å². The van der Waals surface area contributed by atoms with Gasteiger partial charge in [0.05, 0.1) is 11.4 Å². The molecule has 0 fully saturated rings. The van der Waals surface area contributed by atoms with E-state index in [1.54, 1.807) is 24.5 Å². The first-order valence-corrected chi connectivity index (χ1v) is 9.13. The molecule has 0 bridgehead atoms. The van der Waals surface area contributed by atoms with E-state index < -0.39 is 6.67 Å². The molecule has 0 saturated carbocycles. The average Bonchev–Trinajstić information content (AvgIpc) is 2.71. The summed E-state index contributed by atoms with van der Waals surface area (Å²) in [6, 6.07) is 18.7. The van der Waals surface area contributed by atoms with Crippen LogP contribution in [0, 0.1) is 0 Å². The van der Waals surface area contributed by atoms with Crippen LogP contribution in [0.3, 0.4) is 0 Å². The largest absolute Gasteiger partial charge is 0.350 e. The standard InChI is InChI=1S/C19H18FN3O2S/c1-26-25-24-17-9-7-15(8-10-17)18-11-16(12-20)22-19(23-18)21-13-14-5-3-2-4-6-14/h2-11H,12-13H2,1H3,(H,21,22,23). The molecule has 0 aliphatic heterocycles. The van der Waals surface area contributed by atoms with Crippen LogP contribution >= 0.6 is 12.0 Å². The van der Waals surface area contributed by atoms with Gasteiger partial charge < -0.3 is 10.2 Å². The lowest BCUT2D eigenvalue weighted by Crippen LogP contribution is -2.06. The number of nitrogens with one attached hydrogen (secondary N) is 1. The summed E-state index contributed by atoms with van der Waals surface area (Å²) in [6.45, 7) is -0.0902. The highest BCUT2D eigenvalue weighted by molar-refractivity contribution is 7.93. The van der Waals surface area contributed by atoms with E-state index in [0.717, 1.165) is 23.2 Å². The number of aromatic nitrogens is 2. The highest BCUT2D eigenvalue weighted by Gasteiger charge is 2.08. The molecule has 26 heavy (non-hydrogen) atoms. The molecule has 3 aromatic rings. The zero-order valence-electron chi connectivity index (χ0n) is 14.2. The van der Waals surface area contributed by atoms with Gasteiger partial charge in [-0.05, 0) is 35.9 Å². The molecule has 3 rings (SSSR count). The lowest BCUT2D eigenvalue weighted by molar-refractivity contribution is -0.0770. The molecule has 0 unspecified atom stereocenters. The third-order valence-electron chi connectivity index (χ3n) is 3.56. The van der Waals surface area contributed by atoms with Gasteiger partial charge >= 0.3 is 0 Å². The Hall–Kier alpha value is -2.64. The van der Waals surface area contributed by atoms with Crippen molar-refractivity contribution in [1.82, 2.24) is 9.97 Å². The summed E-state index contributed by atoms with van der Waals surface area (Å²) in [5.74, 6) is 0.968. The third-order valence-corrected chi connectivity index (χ3v) is 3.76. The summed E-state index contributed by atoms with van der Waals surface area (Å²) < 4.78 is 18.0. The van der Waals surface area contributed by atoms with Gasteiger partial charge in [-0.15, -0.1) is 4.33 Å². The Morgan fingerprint density at radius 2 is 1.81 bits per heavy atom. The van der Waals surface area contributed by atoms with Crippen LogP contribution in [0.5, 0.6) is 5.75 Å². The second-order valence-corrected chi connectivity index (χ2v) is 5.85. The topological polar surface area (TPSA) is 56.3 Å². The van der Waals surface area contributed by atoms with Crippen LogP contribution in [0.15, 0.2) is 60.7 Å². The average molecular weight is 371 g/mol. The molecule has 1 N–H and O–H groups in total. The second kappa shape index (κ2) is 9.17. The highest BCUT2D eigenvalue weighted by Crippen LogP contribution is 2.23. The fraction of sp³-hybridized carbons (Fsp3) is 0.158. The van der Waals surface area contributed by atoms with Crippen molar-refractivity contribution in [3.05, 3.63) is 71.9 Å². The molecule has 2 aromatic carbocycles. The van der Waals surface area contributed by atoms with Crippen LogP contribution in [0.4, 0.5) is 10.3 Å². The van der Waals surface area contributed by atoms with Crippen molar-refractivity contribution >= 4 is 18.0 Å². The van der Waals surface area contributed by atoms with E-state index in [0.29, 0.717) is 29.6 Å². The molecule has 5 nitrogen and oxygen atoms in total. The van der Waals surface area contributed by atoms with Gasteiger partial charge in [-0.1, -0.05) is 30.3 Å². The van der Waals surface area contributed by atoms with Crippen molar-refractivity contribution in [1.29, 1.82) is 0 Å². The van der Waals surface area contributed by atoms with Gasteiger partial charge in [0.1, 0.15) is 6.67 Å². The summed E-state index contributed by atoms with van der Waals surface area (Å²) in [5, 5.41) is 3.15. The highest BCUT2D eigenvalue weighted by atomic mass is 32.2. The fourth-order valence-electron chi connectivity index (χ4n) is 2.32. The first-order chi connectivity index (χ1) is 12.8. The second-order valence-electron chi connectivity index (χ2n) is 5.38. The molecular formula is C19H18FN3O2S. The van der Waals surface area contributed by atoms with E-state index in [4.69, 9.17) is 9.22 Å². The van der Waals surface area contributed by atoms with Crippen LogP contribution in [-0.2, 0) is 17.6 Å². The molecule has 0 spiro atoms. The minimum atomic E-state index is -0.654. The molecule has 0 aliphatic rings. The smallest absolute Gasteiger partial charge is 0.223 e. The van der Waals surface area contributed by atoms with Gasteiger partial charge in [0.2, 0.25) is 5.95 Å². The van der Waals surface area contributed by atoms with E-state index in [1.807, 2.05) is 42.5 Å². The van der Waals surface area contributed by atoms with Crippen LogP contribution in [0.1, 0.15) is 11.3 Å². The molecule has 1 heterocycles. The quantitative estimate of drug-likeness (QED) is 0.348. The number of hydrogen-bond acceptors (Lipinski definition) is 6. The summed E-state index contributed by atoms with van der Waals surface area (Å²) in [6.07, 6.45) is 1.76. The minimum Gasteiger partial charge on any atom is -0.350 e. The number of halogens is 1. The third kappa shape index (κ3) is 4.93. The molecular weight excluding hydrogens is 353 g/mol. The molecule has 0 aliphatic carbocycles. The van der Waals surface area contributed by atoms with Crippen molar-refractivity contribution in [3.63, 3.8) is 0 Å². The van der Waals surface area contributed by atoms with E-state index in [-0.39, 0.29) is 0 Å². The molecule has 0 radical (unpaired) electrons. The van der Waals surface area contributed by atoms with Crippen molar-refractivity contribution < 1.29 is 13.6 Å². The Morgan fingerprint density at radius 1 is 1.04 bits per heavy atom. The Morgan fingerprint density at radius 3 is 2.50 bits per heavy atom. The van der Waals surface area contributed by atoms with Crippen molar-refractivity contribution in [2.45, 2.75) is 13.2 Å². The molecule has 0 amide bonds. The van der Waals surface area contributed by atoms with Crippen LogP contribution in [-0.4, -0.2) is 16.2 Å². The number of benzene rings is 2. The van der Waals surface area contributed by atoms with Crippen molar-refractivity contribution in [2.75, 3.05) is 11.6 Å². The Kier molecular flexibility index (Phi) is 6.40. The molecule has 134 valence electrons. The lowest BCUT2D eigenvalue weighted by atomic mass is 10.1. The lowest BCUT2D eigenvalue weighted by Gasteiger charge is -2.09. The Balaban J connectivity index is 1.78. The number of alkyl halides is 1. The van der Waals surface area contributed by atoms with E-state index in [1.165, 1.54) is 0 Å². The normalized spacial score (nSPS) is 10.5. The predicted molar refractivity (Wildman–Crippen MR) is 101 cm³/mol. The van der Waals surface area contributed by atoms with Gasteiger partial charge in [-0.2, -0.15) is 0 Å². The summed E-state index contributed by atoms with van der Waals surface area (Å²) in [4.78, 5) is 13.8. The summed E-state index contributed by atoms with van der Waals surface area (Å²) in [7, 11) is 0. The Bertz CT molecular complexity index is 832. The SMILES string of the molecule is CSOOc1ccc(-c2cc(CF)nc(NCc3ccccc3)n2)cc1. The maximum atomic E-state index is 13.2. The van der Waals surface area contributed by atoms with Gasteiger partial charge in [-0.25, -0.2) is 14.4 Å². The summed E-state index contributed by atoms with van der Waals surface area (Å²) >= 11 is 1.11. The molecule has 7 heteroatoms. The molecule has 1 aromatic heterocycles. The fourth-order valence-corrected chi connectivity index (χ4v) is 2.47. The van der Waals surface area contributed by atoms with Gasteiger partial charge in [0, 0.05) is 30.4 Å². The molecule has 0 saturated heterocycles. The maximum Gasteiger partial charge on any atom is 0.223 e. The van der Waals surface area contributed by atoms with Crippen molar-refractivity contribution in [3.8, 4) is 17.0 Å². The first-order valence-electron chi connectivity index (χ1n) is 7.98. The van der Waals surface area contributed by atoms with Gasteiger partial charge in [-0.3, -0.25) is 0 Å². The summed E-state index contributed by atoms with van der Waals surface area (Å²) in [5.41, 5.74) is 2.90. The zero-order chi connectivity index (χ0) is 18.2. The molecule has 0 atom stereocenters. The predicted octanol–water partition coefficient (Wildman–Crippen LogP) is 4.81. The minimum absolute atomic E-state index is 0.330. The number of anilines is 1. The van der Waals surface area contributed by atoms with Crippen LogP contribution < -0.4 is 10.2 Å². The van der Waals surface area contributed by atoms with Gasteiger partial charge in [0.25, 0.3) is 0 Å². The van der Waals surface area contributed by atoms with E-state index in [2.05, 4.69) is 15.3 Å².